The minimum Gasteiger partial charge on any atom is -0.463 e. The molecule has 1 fully saturated rings. The largest absolute Gasteiger partial charge is 0.463 e. The van der Waals surface area contributed by atoms with Crippen LogP contribution in [0.15, 0.2) is 34.0 Å². The molecule has 1 saturated heterocycles. The molecule has 188 valence electrons. The zero-order valence-electron chi connectivity index (χ0n) is 19.2. The highest BCUT2D eigenvalue weighted by Gasteiger charge is 2.52. The molecule has 0 spiro atoms. The molecule has 0 amide bonds. The number of hydrogen-bond donors (Lipinski definition) is 0. The molecule has 0 aliphatic carbocycles. The summed E-state index contributed by atoms with van der Waals surface area (Å²) < 4.78 is 24.5. The quantitative estimate of drug-likeness (QED) is 0.260. The van der Waals surface area contributed by atoms with Gasteiger partial charge in [-0.3, -0.25) is 24.2 Å². The summed E-state index contributed by atoms with van der Waals surface area (Å²) in [4.78, 5) is 52.3. The van der Waals surface area contributed by atoms with Crippen molar-refractivity contribution in [2.24, 2.45) is 0 Å². The highest BCUT2D eigenvalue weighted by Crippen LogP contribution is 2.41. The lowest BCUT2D eigenvalue weighted by Crippen LogP contribution is -2.57. The second-order valence-electron chi connectivity index (χ2n) is 7.58. The van der Waals surface area contributed by atoms with E-state index in [1.165, 1.54) is 50.3 Å². The van der Waals surface area contributed by atoms with E-state index in [4.69, 9.17) is 18.9 Å². The van der Waals surface area contributed by atoms with Gasteiger partial charge in [-0.1, -0.05) is 17.0 Å². The van der Waals surface area contributed by atoms with E-state index in [9.17, 15) is 19.2 Å². The molecule has 5 atom stereocenters. The van der Waals surface area contributed by atoms with Crippen molar-refractivity contribution < 1.29 is 38.1 Å². The van der Waals surface area contributed by atoms with Crippen LogP contribution in [0.25, 0.3) is 0 Å². The minimum atomic E-state index is -1.10. The van der Waals surface area contributed by atoms with E-state index in [1.807, 2.05) is 0 Å². The summed E-state index contributed by atoms with van der Waals surface area (Å²) in [5.74, 6) is -2.16. The first kappa shape index (κ1) is 26.8. The molecule has 0 aromatic carbocycles. The Bertz CT molecular complexity index is 1110. The number of aromatic nitrogens is 4. The van der Waals surface area contributed by atoms with E-state index in [0.29, 0.717) is 4.90 Å². The summed E-state index contributed by atoms with van der Waals surface area (Å²) in [7, 11) is 0. The Morgan fingerprint density at radius 2 is 1.74 bits per heavy atom. The van der Waals surface area contributed by atoms with E-state index in [1.54, 1.807) is 18.5 Å². The number of esters is 3. The molecule has 3 heterocycles. The Morgan fingerprint density at radius 1 is 1.06 bits per heavy atom. The first-order valence-corrected chi connectivity index (χ1v) is 12.1. The van der Waals surface area contributed by atoms with E-state index in [-0.39, 0.29) is 18.1 Å². The van der Waals surface area contributed by atoms with Crippen molar-refractivity contribution >= 4 is 51.4 Å². The molecule has 12 nitrogen and oxygen atoms in total. The van der Waals surface area contributed by atoms with Crippen molar-refractivity contribution in [3.63, 3.8) is 0 Å². The van der Waals surface area contributed by atoms with E-state index < -0.39 is 47.7 Å². The predicted octanol–water partition coefficient (Wildman–Crippen LogP) is 2.12. The van der Waals surface area contributed by atoms with Crippen LogP contribution in [-0.2, 0) is 33.3 Å². The van der Waals surface area contributed by atoms with Crippen molar-refractivity contribution in [1.29, 1.82) is 0 Å². The molecule has 2 aromatic rings. The van der Waals surface area contributed by atoms with E-state index >= 15 is 0 Å². The van der Waals surface area contributed by atoms with Crippen LogP contribution in [0.4, 0.5) is 0 Å². The van der Waals surface area contributed by atoms with Gasteiger partial charge in [0.15, 0.2) is 18.0 Å². The normalized spacial score (nSPS) is 23.9. The fraction of sp³-hybridized carbons (Fsp3) is 0.476. The van der Waals surface area contributed by atoms with Gasteiger partial charge in [-0.2, -0.15) is 0 Å². The molecule has 3 rings (SSSR count). The molecule has 35 heavy (non-hydrogen) atoms. The standard InChI is InChI=1S/C21H23BrN4O8S/c1-10(27)16-8-26(25-24-16)18-19(32-12(3)29)17(9-31-11(2)28)34-21(20(18)33-13(4)30)35-15-5-14(22)6-23-7-15/h5-8,17-21H,9H2,1-4H3/t17?,18-,19-,20?,21+/m0/s1. The Labute approximate surface area is 213 Å². The smallest absolute Gasteiger partial charge is 0.303 e. The summed E-state index contributed by atoms with van der Waals surface area (Å²) in [5.41, 5.74) is -0.797. The molecular weight excluding hydrogens is 548 g/mol. The lowest BCUT2D eigenvalue weighted by Gasteiger charge is -2.44. The van der Waals surface area contributed by atoms with Gasteiger partial charge in [0.25, 0.3) is 0 Å². The molecular formula is C21H23BrN4O8S. The molecule has 1 aliphatic rings. The highest BCUT2D eigenvalue weighted by molar-refractivity contribution is 9.10. The third-order valence-corrected chi connectivity index (χ3v) is 6.32. The van der Waals surface area contributed by atoms with Crippen LogP contribution in [0, 0.1) is 0 Å². The van der Waals surface area contributed by atoms with Gasteiger partial charge in [0, 0.05) is 49.5 Å². The van der Waals surface area contributed by atoms with Crippen LogP contribution >= 0.6 is 27.7 Å². The van der Waals surface area contributed by atoms with Gasteiger partial charge in [-0.05, 0) is 22.0 Å². The maximum Gasteiger partial charge on any atom is 0.303 e. The van der Waals surface area contributed by atoms with Crippen molar-refractivity contribution in [1.82, 2.24) is 20.0 Å². The number of halogens is 1. The lowest BCUT2D eigenvalue weighted by molar-refractivity contribution is -0.212. The van der Waals surface area contributed by atoms with Crippen LogP contribution in [0.5, 0.6) is 0 Å². The van der Waals surface area contributed by atoms with Gasteiger partial charge in [0.2, 0.25) is 0 Å². The van der Waals surface area contributed by atoms with Gasteiger partial charge in [0.05, 0.1) is 6.20 Å². The molecule has 0 bridgehead atoms. The van der Waals surface area contributed by atoms with Gasteiger partial charge < -0.3 is 18.9 Å². The molecule has 0 radical (unpaired) electrons. The molecule has 2 unspecified atom stereocenters. The van der Waals surface area contributed by atoms with Gasteiger partial charge in [0.1, 0.15) is 29.9 Å². The minimum absolute atomic E-state index is 0.0663. The van der Waals surface area contributed by atoms with Gasteiger partial charge in [-0.15, -0.1) is 5.10 Å². The van der Waals surface area contributed by atoms with Crippen LogP contribution in [0.1, 0.15) is 44.2 Å². The first-order chi connectivity index (χ1) is 16.5. The number of thioether (sulfide) groups is 1. The summed E-state index contributed by atoms with van der Waals surface area (Å²) >= 11 is 4.56. The second kappa shape index (κ2) is 11.7. The van der Waals surface area contributed by atoms with Crippen molar-refractivity contribution in [3.8, 4) is 0 Å². The fourth-order valence-electron chi connectivity index (χ4n) is 3.45. The van der Waals surface area contributed by atoms with Crippen molar-refractivity contribution in [2.45, 2.75) is 62.4 Å². The summed E-state index contributed by atoms with van der Waals surface area (Å²) in [6, 6.07) is 0.832. The number of carbonyl (C=O) groups excluding carboxylic acids is 4. The average molecular weight is 571 g/mol. The fourth-order valence-corrected chi connectivity index (χ4v) is 5.10. The number of rotatable bonds is 8. The summed E-state index contributed by atoms with van der Waals surface area (Å²) in [6.07, 6.45) is 1.47. The van der Waals surface area contributed by atoms with E-state index in [2.05, 4.69) is 31.2 Å². The predicted molar refractivity (Wildman–Crippen MR) is 123 cm³/mol. The Balaban J connectivity index is 2.09. The first-order valence-electron chi connectivity index (χ1n) is 10.4. The zero-order valence-corrected chi connectivity index (χ0v) is 21.6. The monoisotopic (exact) mass is 570 g/mol. The molecule has 0 N–H and O–H groups in total. The Kier molecular flexibility index (Phi) is 8.97. The number of hydrogen-bond acceptors (Lipinski definition) is 12. The van der Waals surface area contributed by atoms with Gasteiger partial charge in [-0.25, -0.2) is 4.68 Å². The molecule has 2 aromatic heterocycles. The third-order valence-electron chi connectivity index (χ3n) is 4.78. The number of ketones is 1. The molecule has 14 heteroatoms. The number of pyridine rings is 1. The van der Waals surface area contributed by atoms with Crippen LogP contribution in [0.2, 0.25) is 0 Å². The number of ether oxygens (including phenoxy) is 4. The second-order valence-corrected chi connectivity index (χ2v) is 9.67. The summed E-state index contributed by atoms with van der Waals surface area (Å²) in [6.45, 7) is 4.75. The Hall–Kier alpha value is -2.84. The van der Waals surface area contributed by atoms with Crippen LogP contribution < -0.4 is 0 Å². The van der Waals surface area contributed by atoms with Crippen LogP contribution in [-0.4, -0.2) is 74.0 Å². The number of carbonyl (C=O) groups is 4. The Morgan fingerprint density at radius 3 is 2.31 bits per heavy atom. The SMILES string of the molecule is CC(=O)OCC1O[C@H](Sc2cncc(Br)c2)C(OC(C)=O)[C@@H](n2cc(C(C)=O)nn2)[C@H]1OC(C)=O. The molecule has 0 saturated carbocycles. The zero-order chi connectivity index (χ0) is 25.7. The maximum atomic E-state index is 12.1. The topological polar surface area (TPSA) is 149 Å². The van der Waals surface area contributed by atoms with Crippen molar-refractivity contribution in [3.05, 3.63) is 34.8 Å². The van der Waals surface area contributed by atoms with Gasteiger partial charge >= 0.3 is 17.9 Å². The van der Waals surface area contributed by atoms with E-state index in [0.717, 1.165) is 4.47 Å². The third kappa shape index (κ3) is 7.08. The number of Topliss-reactive ketones (excluding diaryl/α,β-unsaturated/α-hetero) is 1. The maximum absolute atomic E-state index is 12.1. The summed E-state index contributed by atoms with van der Waals surface area (Å²) in [5, 5.41) is 7.90. The number of nitrogens with zero attached hydrogens (tertiary/aromatic N) is 4. The highest BCUT2D eigenvalue weighted by atomic mass is 79.9. The van der Waals surface area contributed by atoms with Crippen molar-refractivity contribution in [2.75, 3.05) is 6.61 Å². The van der Waals surface area contributed by atoms with Crippen LogP contribution in [0.3, 0.4) is 0 Å². The molecule has 1 aliphatic heterocycles. The lowest BCUT2D eigenvalue weighted by atomic mass is 9.96. The average Bonchev–Trinajstić information content (AvgIpc) is 3.24.